The minimum Gasteiger partial charge on any atom is -0.497 e. The molecular weight excluding hydrogens is 301 g/mol. The van der Waals surface area contributed by atoms with E-state index in [-0.39, 0.29) is 17.9 Å². The van der Waals surface area contributed by atoms with Gasteiger partial charge in [0, 0.05) is 6.92 Å². The Labute approximate surface area is 133 Å². The molecule has 0 aliphatic carbocycles. The van der Waals surface area contributed by atoms with E-state index in [4.69, 9.17) is 9.47 Å². The molecule has 120 valence electrons. The van der Waals surface area contributed by atoms with Gasteiger partial charge in [0.25, 0.3) is 0 Å². The first-order valence-corrected chi connectivity index (χ1v) is 6.87. The van der Waals surface area contributed by atoms with Gasteiger partial charge in [-0.3, -0.25) is 4.79 Å². The molecule has 0 saturated carbocycles. The minimum absolute atomic E-state index is 0.0589. The van der Waals surface area contributed by atoms with Crippen LogP contribution < -0.4 is 10.1 Å². The highest BCUT2D eigenvalue weighted by Crippen LogP contribution is 2.18. The predicted octanol–water partition coefficient (Wildman–Crippen LogP) is 3.15. The molecule has 6 heteroatoms. The molecule has 0 saturated heterocycles. The third kappa shape index (κ3) is 4.54. The highest BCUT2D eigenvalue weighted by molar-refractivity contribution is 5.93. The molecule has 0 aromatic heterocycles. The van der Waals surface area contributed by atoms with Gasteiger partial charge in [-0.2, -0.15) is 0 Å². The summed E-state index contributed by atoms with van der Waals surface area (Å²) in [6.07, 6.45) is 0. The van der Waals surface area contributed by atoms with Crippen LogP contribution in [0.1, 0.15) is 22.8 Å². The molecule has 0 bridgehead atoms. The van der Waals surface area contributed by atoms with E-state index < -0.39 is 17.7 Å². The number of rotatable bonds is 5. The fraction of sp³-hybridized carbons (Fsp3) is 0.176. The van der Waals surface area contributed by atoms with Gasteiger partial charge in [-0.05, 0) is 35.9 Å². The highest BCUT2D eigenvalue weighted by Gasteiger charge is 2.12. The molecule has 1 amide bonds. The number of amides is 1. The van der Waals surface area contributed by atoms with Crippen molar-refractivity contribution in [1.29, 1.82) is 0 Å². The van der Waals surface area contributed by atoms with E-state index in [1.54, 1.807) is 31.4 Å². The fourth-order valence-corrected chi connectivity index (χ4v) is 1.89. The molecule has 0 aliphatic heterocycles. The second-order valence-corrected chi connectivity index (χ2v) is 4.80. The van der Waals surface area contributed by atoms with Crippen LogP contribution in [-0.4, -0.2) is 19.0 Å². The van der Waals surface area contributed by atoms with Crippen molar-refractivity contribution in [2.45, 2.75) is 13.5 Å². The quantitative estimate of drug-likeness (QED) is 0.860. The summed E-state index contributed by atoms with van der Waals surface area (Å²) in [5, 5.41) is 2.32. The van der Waals surface area contributed by atoms with E-state index >= 15 is 0 Å². The average Bonchev–Trinajstić information content (AvgIpc) is 2.54. The number of ether oxygens (including phenoxy) is 2. The molecule has 0 atom stereocenters. The second-order valence-electron chi connectivity index (χ2n) is 4.80. The van der Waals surface area contributed by atoms with Crippen LogP contribution in [0.5, 0.6) is 5.75 Å². The summed E-state index contributed by atoms with van der Waals surface area (Å²) in [5.41, 5.74) is 0.892. The number of hydrogen-bond donors (Lipinski definition) is 1. The lowest BCUT2D eigenvalue weighted by Gasteiger charge is -2.08. The molecule has 23 heavy (non-hydrogen) atoms. The zero-order valence-electron chi connectivity index (χ0n) is 12.8. The Hall–Kier alpha value is -2.89. The summed E-state index contributed by atoms with van der Waals surface area (Å²) in [6.45, 7) is 1.34. The number of halogens is 1. The van der Waals surface area contributed by atoms with Crippen molar-refractivity contribution in [2.75, 3.05) is 12.4 Å². The number of carbonyl (C=O) groups is 2. The molecule has 0 fully saturated rings. The monoisotopic (exact) mass is 317 g/mol. The number of esters is 1. The Morgan fingerprint density at radius 1 is 1.13 bits per heavy atom. The first kappa shape index (κ1) is 16.5. The van der Waals surface area contributed by atoms with Crippen LogP contribution in [0.3, 0.4) is 0 Å². The molecule has 0 aliphatic rings. The molecule has 5 nitrogen and oxygen atoms in total. The van der Waals surface area contributed by atoms with Gasteiger partial charge in [-0.15, -0.1) is 0 Å². The Balaban J connectivity index is 2.03. The van der Waals surface area contributed by atoms with Crippen molar-refractivity contribution >= 4 is 17.6 Å². The summed E-state index contributed by atoms with van der Waals surface area (Å²) in [5.74, 6) is -0.939. The number of carbonyl (C=O) groups excluding carboxylic acids is 2. The van der Waals surface area contributed by atoms with Gasteiger partial charge in [-0.1, -0.05) is 12.1 Å². The van der Waals surface area contributed by atoms with Gasteiger partial charge >= 0.3 is 5.97 Å². The largest absolute Gasteiger partial charge is 0.497 e. The molecule has 0 unspecified atom stereocenters. The van der Waals surface area contributed by atoms with Crippen LogP contribution in [0, 0.1) is 5.82 Å². The van der Waals surface area contributed by atoms with Crippen molar-refractivity contribution in [2.24, 2.45) is 0 Å². The molecule has 2 rings (SSSR count). The standard InChI is InChI=1S/C17H16FNO4/c1-11(20)19-16-9-13(5-8-15(16)18)17(21)23-10-12-3-6-14(22-2)7-4-12/h3-9H,10H2,1-2H3,(H,19,20). The maximum Gasteiger partial charge on any atom is 0.338 e. The summed E-state index contributed by atoms with van der Waals surface area (Å²) in [7, 11) is 1.57. The first-order valence-electron chi connectivity index (χ1n) is 6.87. The fourth-order valence-electron chi connectivity index (χ4n) is 1.89. The first-order chi connectivity index (χ1) is 11.0. The van der Waals surface area contributed by atoms with Crippen LogP contribution in [0.4, 0.5) is 10.1 Å². The van der Waals surface area contributed by atoms with Crippen molar-refractivity contribution in [3.63, 3.8) is 0 Å². The molecule has 0 heterocycles. The Bertz CT molecular complexity index is 713. The van der Waals surface area contributed by atoms with E-state index in [2.05, 4.69) is 5.32 Å². The Kier molecular flexibility index (Phi) is 5.30. The lowest BCUT2D eigenvalue weighted by Crippen LogP contribution is -2.10. The maximum atomic E-state index is 13.5. The maximum absolute atomic E-state index is 13.5. The third-order valence-corrected chi connectivity index (χ3v) is 3.04. The van der Waals surface area contributed by atoms with Crippen molar-refractivity contribution < 1.29 is 23.5 Å². The number of nitrogens with one attached hydrogen (secondary N) is 1. The van der Waals surface area contributed by atoms with Gasteiger partial charge in [0.15, 0.2) is 0 Å². The molecule has 2 aromatic rings. The summed E-state index contributed by atoms with van der Waals surface area (Å²) in [6, 6.07) is 10.7. The van der Waals surface area contributed by atoms with E-state index in [0.717, 1.165) is 11.6 Å². The second kappa shape index (κ2) is 7.40. The highest BCUT2D eigenvalue weighted by atomic mass is 19.1. The van der Waals surface area contributed by atoms with Crippen molar-refractivity contribution in [3.05, 3.63) is 59.4 Å². The third-order valence-electron chi connectivity index (χ3n) is 3.04. The number of hydrogen-bond acceptors (Lipinski definition) is 4. The lowest BCUT2D eigenvalue weighted by atomic mass is 10.2. The van der Waals surface area contributed by atoms with Crippen LogP contribution >= 0.6 is 0 Å². The average molecular weight is 317 g/mol. The predicted molar refractivity (Wildman–Crippen MR) is 82.8 cm³/mol. The normalized spacial score (nSPS) is 10.0. The van der Waals surface area contributed by atoms with Gasteiger partial charge in [0.1, 0.15) is 18.2 Å². The number of benzene rings is 2. The van der Waals surface area contributed by atoms with E-state index in [1.165, 1.54) is 19.1 Å². The lowest BCUT2D eigenvalue weighted by molar-refractivity contribution is -0.114. The van der Waals surface area contributed by atoms with Gasteiger partial charge in [0.2, 0.25) is 5.91 Å². The zero-order chi connectivity index (χ0) is 16.8. The Morgan fingerprint density at radius 2 is 1.83 bits per heavy atom. The number of methoxy groups -OCH3 is 1. The molecule has 1 N–H and O–H groups in total. The van der Waals surface area contributed by atoms with Crippen LogP contribution in [-0.2, 0) is 16.1 Å². The van der Waals surface area contributed by atoms with E-state index in [1.807, 2.05) is 0 Å². The van der Waals surface area contributed by atoms with Crippen molar-refractivity contribution in [3.8, 4) is 5.75 Å². The molecule has 0 radical (unpaired) electrons. The van der Waals surface area contributed by atoms with Crippen LogP contribution in [0.25, 0.3) is 0 Å². The smallest absolute Gasteiger partial charge is 0.338 e. The van der Waals surface area contributed by atoms with Crippen molar-refractivity contribution in [1.82, 2.24) is 0 Å². The van der Waals surface area contributed by atoms with Crippen LogP contribution in [0.15, 0.2) is 42.5 Å². The van der Waals surface area contributed by atoms with E-state index in [9.17, 15) is 14.0 Å². The topological polar surface area (TPSA) is 64.6 Å². The SMILES string of the molecule is COc1ccc(COC(=O)c2ccc(F)c(NC(C)=O)c2)cc1. The van der Waals surface area contributed by atoms with Gasteiger partial charge in [-0.25, -0.2) is 9.18 Å². The number of anilines is 1. The molecule has 0 spiro atoms. The van der Waals surface area contributed by atoms with E-state index in [0.29, 0.717) is 5.75 Å². The van der Waals surface area contributed by atoms with Gasteiger partial charge in [0.05, 0.1) is 18.4 Å². The Morgan fingerprint density at radius 3 is 2.43 bits per heavy atom. The zero-order valence-corrected chi connectivity index (χ0v) is 12.8. The summed E-state index contributed by atoms with van der Waals surface area (Å²) >= 11 is 0. The summed E-state index contributed by atoms with van der Waals surface area (Å²) < 4.78 is 23.8. The van der Waals surface area contributed by atoms with Gasteiger partial charge < -0.3 is 14.8 Å². The molecular formula is C17H16FNO4. The summed E-state index contributed by atoms with van der Waals surface area (Å²) in [4.78, 5) is 23.0. The van der Waals surface area contributed by atoms with Crippen LogP contribution in [0.2, 0.25) is 0 Å². The minimum atomic E-state index is -0.619. The molecule has 2 aromatic carbocycles.